The van der Waals surface area contributed by atoms with E-state index < -0.39 is 0 Å². The van der Waals surface area contributed by atoms with Crippen molar-refractivity contribution in [1.82, 2.24) is 5.32 Å². The second-order valence-electron chi connectivity index (χ2n) is 4.58. The van der Waals surface area contributed by atoms with Crippen molar-refractivity contribution < 1.29 is 9.53 Å². The van der Waals surface area contributed by atoms with E-state index in [1.807, 2.05) is 25.2 Å². The van der Waals surface area contributed by atoms with Crippen molar-refractivity contribution in [3.63, 3.8) is 0 Å². The number of esters is 1. The van der Waals surface area contributed by atoms with E-state index in [0.29, 0.717) is 5.56 Å². The maximum Gasteiger partial charge on any atom is 0.339 e. The molecule has 1 rings (SSSR count). The molecule has 0 atom stereocenters. The molecule has 0 aromatic heterocycles. The molecule has 0 unspecified atom stereocenters. The second kappa shape index (κ2) is 5.68. The van der Waals surface area contributed by atoms with Crippen LogP contribution in [0.4, 0.5) is 5.69 Å². The third-order valence-electron chi connectivity index (χ3n) is 2.42. The summed E-state index contributed by atoms with van der Waals surface area (Å²) < 4.78 is 4.76. The number of benzene rings is 1. The Morgan fingerprint density at radius 2 is 2.00 bits per heavy atom. The van der Waals surface area contributed by atoms with Crippen molar-refractivity contribution in [1.29, 1.82) is 0 Å². The standard InChI is InChI=1S/C13H20N2O2/c1-13(2,9-14-3)15-11-8-6-5-7-10(11)12(16)17-4/h5-8,14-15H,9H2,1-4H3. The summed E-state index contributed by atoms with van der Waals surface area (Å²) in [6.07, 6.45) is 0. The van der Waals surface area contributed by atoms with E-state index in [9.17, 15) is 4.79 Å². The first-order chi connectivity index (χ1) is 8.00. The third kappa shape index (κ3) is 3.75. The van der Waals surface area contributed by atoms with E-state index in [1.54, 1.807) is 6.07 Å². The fourth-order valence-electron chi connectivity index (χ4n) is 1.73. The lowest BCUT2D eigenvalue weighted by atomic mass is 10.0. The van der Waals surface area contributed by atoms with E-state index in [2.05, 4.69) is 24.5 Å². The summed E-state index contributed by atoms with van der Waals surface area (Å²) in [6, 6.07) is 7.35. The lowest BCUT2D eigenvalue weighted by Crippen LogP contribution is -2.41. The molecule has 4 heteroatoms. The molecule has 0 bridgehead atoms. The Morgan fingerprint density at radius 3 is 2.59 bits per heavy atom. The van der Waals surface area contributed by atoms with Crippen LogP contribution in [0, 0.1) is 0 Å². The van der Waals surface area contributed by atoms with Gasteiger partial charge in [-0.2, -0.15) is 0 Å². The number of anilines is 1. The zero-order chi connectivity index (χ0) is 12.9. The van der Waals surface area contributed by atoms with Gasteiger partial charge in [-0.15, -0.1) is 0 Å². The molecular formula is C13H20N2O2. The first kappa shape index (κ1) is 13.5. The van der Waals surface area contributed by atoms with Crippen molar-refractivity contribution >= 4 is 11.7 Å². The minimum absolute atomic E-state index is 0.140. The van der Waals surface area contributed by atoms with Crippen LogP contribution in [0.5, 0.6) is 0 Å². The molecule has 0 fully saturated rings. The summed E-state index contributed by atoms with van der Waals surface area (Å²) in [5.74, 6) is -0.326. The summed E-state index contributed by atoms with van der Waals surface area (Å²) in [7, 11) is 3.29. The van der Waals surface area contributed by atoms with Crippen molar-refractivity contribution in [3.05, 3.63) is 29.8 Å². The van der Waals surface area contributed by atoms with Crippen molar-refractivity contribution in [2.75, 3.05) is 26.0 Å². The number of rotatable bonds is 5. The molecule has 1 aromatic rings. The molecule has 0 aliphatic rings. The molecule has 94 valence electrons. The van der Waals surface area contributed by atoms with Gasteiger partial charge in [-0.3, -0.25) is 0 Å². The highest BCUT2D eigenvalue weighted by Gasteiger charge is 2.19. The normalized spacial score (nSPS) is 11.1. The minimum atomic E-state index is -0.326. The average Bonchev–Trinajstić information content (AvgIpc) is 2.28. The van der Waals surface area contributed by atoms with Gasteiger partial charge in [-0.25, -0.2) is 4.79 Å². The SMILES string of the molecule is CNCC(C)(C)Nc1ccccc1C(=O)OC. The predicted molar refractivity (Wildman–Crippen MR) is 69.4 cm³/mol. The number of carbonyl (C=O) groups is 1. The van der Waals surface area contributed by atoms with Crippen LogP contribution in [0.2, 0.25) is 0 Å². The first-order valence-corrected chi connectivity index (χ1v) is 5.60. The van der Waals surface area contributed by atoms with Gasteiger partial charge < -0.3 is 15.4 Å². The summed E-state index contributed by atoms with van der Waals surface area (Å²) in [5, 5.41) is 6.45. The summed E-state index contributed by atoms with van der Waals surface area (Å²) in [6.45, 7) is 4.93. The highest BCUT2D eigenvalue weighted by atomic mass is 16.5. The molecule has 4 nitrogen and oxygen atoms in total. The smallest absolute Gasteiger partial charge is 0.339 e. The van der Waals surface area contributed by atoms with E-state index in [0.717, 1.165) is 12.2 Å². The number of hydrogen-bond donors (Lipinski definition) is 2. The minimum Gasteiger partial charge on any atom is -0.465 e. The van der Waals surface area contributed by atoms with E-state index >= 15 is 0 Å². The molecule has 1 aromatic carbocycles. The molecule has 17 heavy (non-hydrogen) atoms. The number of hydrogen-bond acceptors (Lipinski definition) is 4. The van der Waals surface area contributed by atoms with Gasteiger partial charge in [0.25, 0.3) is 0 Å². The molecule has 2 N–H and O–H groups in total. The molecule has 0 radical (unpaired) electrons. The Kier molecular flexibility index (Phi) is 4.52. The maximum absolute atomic E-state index is 11.6. The molecule has 0 aliphatic carbocycles. The lowest BCUT2D eigenvalue weighted by molar-refractivity contribution is 0.0602. The second-order valence-corrected chi connectivity index (χ2v) is 4.58. The third-order valence-corrected chi connectivity index (χ3v) is 2.42. The monoisotopic (exact) mass is 236 g/mol. The van der Waals surface area contributed by atoms with E-state index in [1.165, 1.54) is 7.11 Å². The van der Waals surface area contributed by atoms with Gasteiger partial charge in [0.05, 0.1) is 12.7 Å². The maximum atomic E-state index is 11.6. The van der Waals surface area contributed by atoms with Gasteiger partial charge in [-0.05, 0) is 33.0 Å². The Labute approximate surface area is 102 Å². The number of methoxy groups -OCH3 is 1. The van der Waals surface area contributed by atoms with Crippen LogP contribution in [-0.4, -0.2) is 32.2 Å². The van der Waals surface area contributed by atoms with Crippen LogP contribution in [0.15, 0.2) is 24.3 Å². The van der Waals surface area contributed by atoms with Gasteiger partial charge >= 0.3 is 5.97 Å². The average molecular weight is 236 g/mol. The van der Waals surface area contributed by atoms with Crippen molar-refractivity contribution in [3.8, 4) is 0 Å². The fraction of sp³-hybridized carbons (Fsp3) is 0.462. The molecule has 0 spiro atoms. The van der Waals surface area contributed by atoms with Gasteiger partial charge in [0, 0.05) is 17.8 Å². The molecule has 0 aliphatic heterocycles. The van der Waals surface area contributed by atoms with E-state index in [-0.39, 0.29) is 11.5 Å². The van der Waals surface area contributed by atoms with Crippen LogP contribution in [0.3, 0.4) is 0 Å². The Balaban J connectivity index is 2.94. The number of carbonyl (C=O) groups excluding carboxylic acids is 1. The van der Waals surface area contributed by atoms with Crippen LogP contribution < -0.4 is 10.6 Å². The number of likely N-dealkylation sites (N-methyl/N-ethyl adjacent to an activating group) is 1. The molecule has 0 saturated heterocycles. The van der Waals surface area contributed by atoms with Crippen LogP contribution in [0.25, 0.3) is 0 Å². The van der Waals surface area contributed by atoms with Crippen LogP contribution in [-0.2, 0) is 4.74 Å². The molecular weight excluding hydrogens is 216 g/mol. The topological polar surface area (TPSA) is 50.4 Å². The van der Waals surface area contributed by atoms with Gasteiger partial charge in [-0.1, -0.05) is 12.1 Å². The van der Waals surface area contributed by atoms with Crippen LogP contribution in [0.1, 0.15) is 24.2 Å². The number of ether oxygens (including phenoxy) is 1. The number of nitrogens with one attached hydrogen (secondary N) is 2. The summed E-state index contributed by atoms with van der Waals surface area (Å²) in [5.41, 5.74) is 1.21. The summed E-state index contributed by atoms with van der Waals surface area (Å²) >= 11 is 0. The Bertz CT molecular complexity index is 389. The van der Waals surface area contributed by atoms with Crippen molar-refractivity contribution in [2.24, 2.45) is 0 Å². The Hall–Kier alpha value is -1.55. The van der Waals surface area contributed by atoms with Gasteiger partial charge in [0.1, 0.15) is 0 Å². The van der Waals surface area contributed by atoms with Crippen molar-refractivity contribution in [2.45, 2.75) is 19.4 Å². The highest BCUT2D eigenvalue weighted by molar-refractivity contribution is 5.95. The molecule has 0 saturated carbocycles. The lowest BCUT2D eigenvalue weighted by Gasteiger charge is -2.28. The first-order valence-electron chi connectivity index (χ1n) is 5.60. The largest absolute Gasteiger partial charge is 0.465 e. The quantitative estimate of drug-likeness (QED) is 0.766. The zero-order valence-electron chi connectivity index (χ0n) is 10.8. The fourth-order valence-corrected chi connectivity index (χ4v) is 1.73. The van der Waals surface area contributed by atoms with Crippen LogP contribution >= 0.6 is 0 Å². The predicted octanol–water partition coefficient (Wildman–Crippen LogP) is 1.88. The highest BCUT2D eigenvalue weighted by Crippen LogP contribution is 2.20. The zero-order valence-corrected chi connectivity index (χ0v) is 10.8. The van der Waals surface area contributed by atoms with Gasteiger partial charge in [0.15, 0.2) is 0 Å². The summed E-state index contributed by atoms with van der Waals surface area (Å²) in [4.78, 5) is 11.6. The number of para-hydroxylation sites is 1. The van der Waals surface area contributed by atoms with E-state index in [4.69, 9.17) is 4.74 Å². The Morgan fingerprint density at radius 1 is 1.35 bits per heavy atom. The molecule has 0 amide bonds. The van der Waals surface area contributed by atoms with Gasteiger partial charge in [0.2, 0.25) is 0 Å². The molecule has 0 heterocycles.